The van der Waals surface area contributed by atoms with Gasteiger partial charge in [0.15, 0.2) is 8.32 Å². The van der Waals surface area contributed by atoms with Crippen LogP contribution in [0.4, 0.5) is 10.5 Å². The van der Waals surface area contributed by atoms with Crippen LogP contribution in [0.15, 0.2) is 78.9 Å². The van der Waals surface area contributed by atoms with Gasteiger partial charge in [0, 0.05) is 37.8 Å². The van der Waals surface area contributed by atoms with E-state index in [2.05, 4.69) is 98.3 Å². The maximum atomic E-state index is 14.5. The number of amides is 2. The van der Waals surface area contributed by atoms with Gasteiger partial charge in [-0.15, -0.1) is 0 Å². The second-order valence-electron chi connectivity index (χ2n) is 13.3. The monoisotopic (exact) mass is 585 g/mol. The molecule has 1 atom stereocenters. The highest BCUT2D eigenvalue weighted by atomic mass is 28.4. The Labute approximate surface area is 253 Å². The van der Waals surface area contributed by atoms with Crippen molar-refractivity contribution in [2.75, 3.05) is 31.1 Å². The predicted octanol–water partition coefficient (Wildman–Crippen LogP) is 7.20. The van der Waals surface area contributed by atoms with Crippen molar-refractivity contribution in [3.05, 3.63) is 101 Å². The van der Waals surface area contributed by atoms with Gasteiger partial charge in [0.25, 0.3) is 0 Å². The van der Waals surface area contributed by atoms with E-state index in [1.807, 2.05) is 29.2 Å². The Morgan fingerprint density at radius 3 is 2.26 bits per heavy atom. The first-order chi connectivity index (χ1) is 20.1. The minimum atomic E-state index is -1.94. The molecule has 6 nitrogen and oxygen atoms in total. The summed E-state index contributed by atoms with van der Waals surface area (Å²) in [4.78, 5) is 21.1. The van der Waals surface area contributed by atoms with Crippen LogP contribution in [-0.4, -0.2) is 61.5 Å². The molecule has 2 aliphatic rings. The average molecular weight is 586 g/mol. The highest BCUT2D eigenvalue weighted by Crippen LogP contribution is 2.43. The molecule has 2 aliphatic heterocycles. The number of aliphatic hydroxyl groups excluding tert-OH is 1. The third-order valence-electron chi connectivity index (χ3n) is 9.48. The molecule has 1 fully saturated rings. The van der Waals surface area contributed by atoms with Gasteiger partial charge in [-0.1, -0.05) is 93.6 Å². The number of carbonyl (C=O) groups excluding carboxylic acids is 1. The van der Waals surface area contributed by atoms with Crippen molar-refractivity contribution in [1.82, 2.24) is 9.80 Å². The molecule has 42 heavy (non-hydrogen) atoms. The van der Waals surface area contributed by atoms with Gasteiger partial charge in [0.2, 0.25) is 0 Å². The summed E-state index contributed by atoms with van der Waals surface area (Å²) in [6.45, 7) is 15.1. The molecule has 3 aromatic rings. The van der Waals surface area contributed by atoms with Crippen molar-refractivity contribution in [3.63, 3.8) is 0 Å². The van der Waals surface area contributed by atoms with Crippen LogP contribution in [0, 0.1) is 0 Å². The van der Waals surface area contributed by atoms with Crippen LogP contribution in [0.25, 0.3) is 0 Å². The lowest BCUT2D eigenvalue weighted by atomic mass is 9.90. The van der Waals surface area contributed by atoms with E-state index in [4.69, 9.17) is 4.43 Å². The molecule has 3 aromatic carbocycles. The molecule has 2 amide bonds. The third kappa shape index (κ3) is 6.49. The highest BCUT2D eigenvalue weighted by molar-refractivity contribution is 6.74. The lowest BCUT2D eigenvalue weighted by molar-refractivity contribution is 0.101. The SMILES string of the molecule is CC(C)(C)[Si](C)(C)OCCN1C(=O)N(C2CCN(Cc3cccc(CO)c3)CC2)C(c2ccccc2)c2ccccc21. The van der Waals surface area contributed by atoms with Crippen LogP contribution in [0.1, 0.15) is 61.9 Å². The van der Waals surface area contributed by atoms with Crippen LogP contribution in [0.5, 0.6) is 0 Å². The minimum absolute atomic E-state index is 0.0623. The number of aliphatic hydroxyl groups is 1. The Bertz CT molecular complexity index is 1350. The number of likely N-dealkylation sites (tertiary alicyclic amines) is 1. The van der Waals surface area contributed by atoms with Crippen LogP contribution in [0.2, 0.25) is 18.1 Å². The summed E-state index contributed by atoms with van der Waals surface area (Å²) in [7, 11) is -1.94. The van der Waals surface area contributed by atoms with E-state index in [1.165, 1.54) is 11.1 Å². The standard InChI is InChI=1S/C35H47N3O3Si/c1-35(2,3)42(4,5)41-23-22-37-32-17-10-9-16-31(32)33(29-14-7-6-8-15-29)38(34(37)40)30-18-20-36(21-19-30)25-27-12-11-13-28(24-27)26-39/h6-17,24,30,33,39H,18-23,25-26H2,1-5H3. The molecule has 0 radical (unpaired) electrons. The Kier molecular flexibility index (Phi) is 9.23. The molecular formula is C35H47N3O3Si. The van der Waals surface area contributed by atoms with E-state index < -0.39 is 8.32 Å². The van der Waals surface area contributed by atoms with Crippen molar-refractivity contribution >= 4 is 20.0 Å². The Morgan fingerprint density at radius 1 is 0.905 bits per heavy atom. The number of rotatable bonds is 9. The zero-order valence-corrected chi connectivity index (χ0v) is 26.9. The molecule has 5 rings (SSSR count). The summed E-state index contributed by atoms with van der Waals surface area (Å²) in [5, 5.41) is 9.67. The normalized spacial score (nSPS) is 18.8. The number of hydrogen-bond donors (Lipinski definition) is 1. The third-order valence-corrected chi connectivity index (χ3v) is 14.0. The number of piperidine rings is 1. The van der Waals surface area contributed by atoms with Gasteiger partial charge in [-0.3, -0.25) is 9.80 Å². The van der Waals surface area contributed by atoms with E-state index in [-0.39, 0.29) is 29.8 Å². The Morgan fingerprint density at radius 2 is 1.57 bits per heavy atom. The Balaban J connectivity index is 1.39. The molecule has 1 saturated heterocycles. The maximum absolute atomic E-state index is 14.5. The largest absolute Gasteiger partial charge is 0.415 e. The van der Waals surface area contributed by atoms with Gasteiger partial charge in [0.05, 0.1) is 24.9 Å². The smallest absolute Gasteiger partial charge is 0.325 e. The van der Waals surface area contributed by atoms with Gasteiger partial charge in [-0.2, -0.15) is 0 Å². The van der Waals surface area contributed by atoms with Crippen molar-refractivity contribution in [2.24, 2.45) is 0 Å². The predicted molar refractivity (Wildman–Crippen MR) is 173 cm³/mol. The molecule has 1 unspecified atom stereocenters. The van der Waals surface area contributed by atoms with Crippen molar-refractivity contribution < 1.29 is 14.3 Å². The second-order valence-corrected chi connectivity index (χ2v) is 18.1. The molecule has 0 saturated carbocycles. The topological polar surface area (TPSA) is 56.2 Å². The van der Waals surface area contributed by atoms with Crippen molar-refractivity contribution in [2.45, 2.75) is 77.0 Å². The molecule has 2 heterocycles. The van der Waals surface area contributed by atoms with E-state index in [0.717, 1.165) is 49.3 Å². The summed E-state index contributed by atoms with van der Waals surface area (Å²) in [6.07, 6.45) is 1.84. The van der Waals surface area contributed by atoms with Gasteiger partial charge in [0.1, 0.15) is 0 Å². The van der Waals surface area contributed by atoms with E-state index in [9.17, 15) is 9.90 Å². The number of nitrogens with zero attached hydrogens (tertiary/aromatic N) is 3. The van der Waals surface area contributed by atoms with Crippen LogP contribution < -0.4 is 4.90 Å². The number of carbonyl (C=O) groups is 1. The number of benzene rings is 3. The quantitative estimate of drug-likeness (QED) is 0.270. The zero-order chi connectivity index (χ0) is 29.9. The molecule has 0 aliphatic carbocycles. The molecule has 0 aromatic heterocycles. The molecule has 0 spiro atoms. The van der Waals surface area contributed by atoms with E-state index >= 15 is 0 Å². The second kappa shape index (κ2) is 12.7. The number of fused-ring (bicyclic) bond motifs is 1. The lowest BCUT2D eigenvalue weighted by Crippen LogP contribution is -2.57. The first-order valence-corrected chi connectivity index (χ1v) is 18.3. The van der Waals surface area contributed by atoms with Gasteiger partial charge < -0.3 is 14.4 Å². The fraction of sp³-hybridized carbons (Fsp3) is 0.457. The summed E-state index contributed by atoms with van der Waals surface area (Å²) in [5.74, 6) is 0. The molecule has 7 heteroatoms. The summed E-state index contributed by atoms with van der Waals surface area (Å²) < 4.78 is 6.54. The molecule has 224 valence electrons. The molecule has 1 N–H and O–H groups in total. The highest BCUT2D eigenvalue weighted by Gasteiger charge is 2.43. The number of urea groups is 1. The summed E-state index contributed by atoms with van der Waals surface area (Å²) >= 11 is 0. The van der Waals surface area contributed by atoms with Crippen molar-refractivity contribution in [1.29, 1.82) is 0 Å². The summed E-state index contributed by atoms with van der Waals surface area (Å²) in [5.41, 5.74) is 5.49. The number of anilines is 1. The van der Waals surface area contributed by atoms with Gasteiger partial charge in [-0.05, 0) is 53.7 Å². The van der Waals surface area contributed by atoms with Gasteiger partial charge >= 0.3 is 6.03 Å². The van der Waals surface area contributed by atoms with Crippen LogP contribution in [0.3, 0.4) is 0 Å². The first-order valence-electron chi connectivity index (χ1n) is 15.4. The fourth-order valence-corrected chi connectivity index (χ4v) is 7.11. The number of para-hydroxylation sites is 1. The van der Waals surface area contributed by atoms with Crippen molar-refractivity contribution in [3.8, 4) is 0 Å². The van der Waals surface area contributed by atoms with Gasteiger partial charge in [-0.25, -0.2) is 4.79 Å². The van der Waals surface area contributed by atoms with Crippen LogP contribution in [-0.2, 0) is 17.6 Å². The molecule has 0 bridgehead atoms. The van der Waals surface area contributed by atoms with E-state index in [1.54, 1.807) is 0 Å². The minimum Gasteiger partial charge on any atom is -0.415 e. The van der Waals surface area contributed by atoms with E-state index in [0.29, 0.717) is 13.2 Å². The average Bonchev–Trinajstić information content (AvgIpc) is 2.98. The zero-order valence-electron chi connectivity index (χ0n) is 25.9. The summed E-state index contributed by atoms with van der Waals surface area (Å²) in [6, 6.07) is 27.2. The van der Waals surface area contributed by atoms with Crippen LogP contribution >= 0.6 is 0 Å². The Hall–Kier alpha value is -2.97. The molecular weight excluding hydrogens is 538 g/mol. The fourth-order valence-electron chi connectivity index (χ4n) is 6.07. The number of hydrogen-bond acceptors (Lipinski definition) is 4. The maximum Gasteiger partial charge on any atom is 0.325 e. The lowest BCUT2D eigenvalue weighted by Gasteiger charge is -2.48. The first kappa shape index (κ1) is 30.5.